The monoisotopic (exact) mass is 320 g/mol. The van der Waals surface area contributed by atoms with E-state index in [0.717, 1.165) is 17.7 Å². The molecule has 6 heteroatoms. The maximum Gasteiger partial charge on any atom is 0.416 e. The average Bonchev–Trinajstić information content (AvgIpc) is 2.68. The lowest BCUT2D eigenvalue weighted by Crippen LogP contribution is -2.07. The van der Waals surface area contributed by atoms with Crippen LogP contribution < -0.4 is 0 Å². The van der Waals surface area contributed by atoms with Gasteiger partial charge in [-0.25, -0.2) is 0 Å². The predicted octanol–water partition coefficient (Wildman–Crippen LogP) is 5.12. The normalized spacial score (nSPS) is 13.6. The molecule has 0 aliphatic heterocycles. The van der Waals surface area contributed by atoms with E-state index in [2.05, 4.69) is 0 Å². The van der Waals surface area contributed by atoms with E-state index in [1.54, 1.807) is 12.3 Å². The summed E-state index contributed by atoms with van der Waals surface area (Å²) in [5.41, 5.74) is 0.936. The van der Waals surface area contributed by atoms with Gasteiger partial charge in [0.25, 0.3) is 0 Å². The lowest BCUT2D eigenvalue weighted by Gasteiger charge is -2.15. The first kappa shape index (κ1) is 15.4. The number of aryl methyl sites for hydroxylation is 2. The first-order chi connectivity index (χ1) is 9.21. The molecule has 1 atom stereocenters. The van der Waals surface area contributed by atoms with Crippen LogP contribution in [0.25, 0.3) is 0 Å². The van der Waals surface area contributed by atoms with Crippen molar-refractivity contribution in [2.75, 3.05) is 0 Å². The molecule has 2 rings (SSSR count). The minimum atomic E-state index is -4.38. The van der Waals surface area contributed by atoms with E-state index in [9.17, 15) is 18.3 Å². The maximum absolute atomic E-state index is 12.6. The molecule has 0 amide bonds. The van der Waals surface area contributed by atoms with Crippen molar-refractivity contribution in [3.05, 3.63) is 55.7 Å². The fourth-order valence-corrected chi connectivity index (χ4v) is 3.23. The highest BCUT2D eigenvalue weighted by atomic mass is 35.5. The molecule has 108 valence electrons. The number of aliphatic hydroxyl groups excluding tert-OH is 1. The van der Waals surface area contributed by atoms with Gasteiger partial charge >= 0.3 is 6.18 Å². The van der Waals surface area contributed by atoms with Crippen molar-refractivity contribution in [1.29, 1.82) is 0 Å². The summed E-state index contributed by atoms with van der Waals surface area (Å²) < 4.78 is 37.8. The summed E-state index contributed by atoms with van der Waals surface area (Å²) >= 11 is 7.37. The standard InChI is InChI=1S/C14H12ClF3OS/c1-7-5-9(14(16,17)18)3-4-10(7)12(19)13-11(15)8(2)6-20-13/h3-6,12,19H,1-2H3. The Morgan fingerprint density at radius 2 is 1.85 bits per heavy atom. The summed E-state index contributed by atoms with van der Waals surface area (Å²) in [6.07, 6.45) is -5.39. The van der Waals surface area contributed by atoms with Gasteiger partial charge in [0.15, 0.2) is 0 Å². The predicted molar refractivity (Wildman–Crippen MR) is 74.3 cm³/mol. The van der Waals surface area contributed by atoms with Gasteiger partial charge in [0.05, 0.1) is 15.5 Å². The van der Waals surface area contributed by atoms with Crippen molar-refractivity contribution in [2.24, 2.45) is 0 Å². The van der Waals surface area contributed by atoms with Crippen LogP contribution in [0.1, 0.15) is 33.2 Å². The van der Waals surface area contributed by atoms with Crippen LogP contribution in [0.15, 0.2) is 23.6 Å². The Balaban J connectivity index is 2.41. The Morgan fingerprint density at radius 3 is 2.30 bits per heavy atom. The molecule has 0 radical (unpaired) electrons. The second-order valence-corrected chi connectivity index (χ2v) is 5.86. The molecule has 0 aliphatic rings. The molecule has 20 heavy (non-hydrogen) atoms. The summed E-state index contributed by atoms with van der Waals surface area (Å²) in [7, 11) is 0. The third-order valence-electron chi connectivity index (χ3n) is 3.07. The van der Waals surface area contributed by atoms with Gasteiger partial charge in [0.1, 0.15) is 6.10 Å². The third kappa shape index (κ3) is 2.85. The van der Waals surface area contributed by atoms with Crippen LogP contribution in [0.4, 0.5) is 13.2 Å². The van der Waals surface area contributed by atoms with Crippen molar-refractivity contribution in [3.8, 4) is 0 Å². The maximum atomic E-state index is 12.6. The Kier molecular flexibility index (Phi) is 4.14. The van der Waals surface area contributed by atoms with Crippen LogP contribution in [0.5, 0.6) is 0 Å². The minimum absolute atomic E-state index is 0.384. The fourth-order valence-electron chi connectivity index (χ4n) is 1.93. The Labute approximate surface area is 123 Å². The molecule has 0 saturated carbocycles. The van der Waals surface area contributed by atoms with Crippen LogP contribution in [0, 0.1) is 13.8 Å². The second kappa shape index (κ2) is 5.39. The van der Waals surface area contributed by atoms with Gasteiger partial charge in [0.2, 0.25) is 0 Å². The van der Waals surface area contributed by atoms with Crippen molar-refractivity contribution >= 4 is 22.9 Å². The van der Waals surface area contributed by atoms with E-state index < -0.39 is 17.8 Å². The van der Waals surface area contributed by atoms with E-state index in [1.807, 2.05) is 6.92 Å². The van der Waals surface area contributed by atoms with Gasteiger partial charge in [-0.3, -0.25) is 0 Å². The highest BCUT2D eigenvalue weighted by Crippen LogP contribution is 2.38. The molecular weight excluding hydrogens is 309 g/mol. The van der Waals surface area contributed by atoms with Gasteiger partial charge < -0.3 is 5.11 Å². The number of benzene rings is 1. The van der Waals surface area contributed by atoms with Crippen molar-refractivity contribution in [1.82, 2.24) is 0 Å². The fraction of sp³-hybridized carbons (Fsp3) is 0.286. The molecule has 0 spiro atoms. The van der Waals surface area contributed by atoms with E-state index in [1.165, 1.54) is 17.4 Å². The molecule has 0 fully saturated rings. The number of alkyl halides is 3. The molecule has 1 unspecified atom stereocenters. The number of hydrogen-bond acceptors (Lipinski definition) is 2. The summed E-state index contributed by atoms with van der Waals surface area (Å²) in [5.74, 6) is 0. The molecule has 1 heterocycles. The Morgan fingerprint density at radius 1 is 1.20 bits per heavy atom. The van der Waals surface area contributed by atoms with Crippen molar-refractivity contribution < 1.29 is 18.3 Å². The summed E-state index contributed by atoms with van der Waals surface area (Å²) in [6, 6.07) is 3.31. The smallest absolute Gasteiger partial charge is 0.383 e. The highest BCUT2D eigenvalue weighted by Gasteiger charge is 2.31. The Hall–Kier alpha value is -1.04. The van der Waals surface area contributed by atoms with E-state index in [-0.39, 0.29) is 0 Å². The van der Waals surface area contributed by atoms with Crippen molar-refractivity contribution in [2.45, 2.75) is 26.1 Å². The summed E-state index contributed by atoms with van der Waals surface area (Å²) in [4.78, 5) is 0.548. The summed E-state index contributed by atoms with van der Waals surface area (Å²) in [5, 5.41) is 12.6. The van der Waals surface area contributed by atoms with Crippen LogP contribution in [-0.4, -0.2) is 5.11 Å². The number of hydrogen-bond donors (Lipinski definition) is 1. The van der Waals surface area contributed by atoms with E-state index in [0.29, 0.717) is 21.0 Å². The van der Waals surface area contributed by atoms with Gasteiger partial charge in [-0.15, -0.1) is 11.3 Å². The topological polar surface area (TPSA) is 20.2 Å². The highest BCUT2D eigenvalue weighted by molar-refractivity contribution is 7.10. The third-order valence-corrected chi connectivity index (χ3v) is 4.83. The molecule has 1 N–H and O–H groups in total. The average molecular weight is 321 g/mol. The summed E-state index contributed by atoms with van der Waals surface area (Å²) in [6.45, 7) is 3.36. The number of thiophene rings is 1. The van der Waals surface area contributed by atoms with Crippen molar-refractivity contribution in [3.63, 3.8) is 0 Å². The first-order valence-electron chi connectivity index (χ1n) is 5.81. The van der Waals surface area contributed by atoms with Crippen LogP contribution in [0.2, 0.25) is 5.02 Å². The lowest BCUT2D eigenvalue weighted by atomic mass is 9.99. The molecule has 0 aliphatic carbocycles. The molecule has 1 aromatic carbocycles. The number of halogens is 4. The zero-order valence-electron chi connectivity index (χ0n) is 10.8. The van der Waals surface area contributed by atoms with Gasteiger partial charge in [-0.2, -0.15) is 13.2 Å². The lowest BCUT2D eigenvalue weighted by molar-refractivity contribution is -0.137. The van der Waals surface area contributed by atoms with Crippen LogP contribution in [0.3, 0.4) is 0 Å². The quantitative estimate of drug-likeness (QED) is 0.814. The first-order valence-corrected chi connectivity index (χ1v) is 7.07. The van der Waals surface area contributed by atoms with Gasteiger partial charge in [0, 0.05) is 0 Å². The zero-order valence-corrected chi connectivity index (χ0v) is 12.3. The SMILES string of the molecule is Cc1cc(C(F)(F)F)ccc1C(O)c1scc(C)c1Cl. The largest absolute Gasteiger partial charge is 0.416 e. The molecule has 1 nitrogen and oxygen atoms in total. The van der Waals surface area contributed by atoms with Gasteiger partial charge in [-0.1, -0.05) is 17.7 Å². The Bertz CT molecular complexity index is 634. The molecule has 2 aromatic rings. The van der Waals surface area contributed by atoms with Crippen LogP contribution >= 0.6 is 22.9 Å². The minimum Gasteiger partial charge on any atom is -0.383 e. The van der Waals surface area contributed by atoms with E-state index in [4.69, 9.17) is 11.6 Å². The van der Waals surface area contributed by atoms with Gasteiger partial charge in [-0.05, 0) is 48.1 Å². The molecule has 1 aromatic heterocycles. The van der Waals surface area contributed by atoms with E-state index >= 15 is 0 Å². The molecular formula is C14H12ClF3OS. The second-order valence-electron chi connectivity index (χ2n) is 4.57. The molecule has 0 bridgehead atoms. The molecule has 0 saturated heterocycles. The van der Waals surface area contributed by atoms with Crippen LogP contribution in [-0.2, 0) is 6.18 Å². The zero-order chi connectivity index (χ0) is 15.1. The number of rotatable bonds is 2. The number of aliphatic hydroxyl groups is 1.